The van der Waals surface area contributed by atoms with Crippen LogP contribution in [0.4, 0.5) is 5.69 Å². The SMILES string of the molecule is N#CC1(NC(=O)COC(=O)/C=C/c2ccc(N3CCCCCC3)cc2)CCCC1. The van der Waals surface area contributed by atoms with Crippen molar-refractivity contribution in [3.05, 3.63) is 35.9 Å². The van der Waals surface area contributed by atoms with Crippen molar-refractivity contribution in [3.63, 3.8) is 0 Å². The van der Waals surface area contributed by atoms with Gasteiger partial charge in [-0.05, 0) is 62.3 Å². The molecule has 154 valence electrons. The largest absolute Gasteiger partial charge is 0.452 e. The first-order valence-corrected chi connectivity index (χ1v) is 10.5. The lowest BCUT2D eigenvalue weighted by atomic mass is 10.00. The lowest BCUT2D eigenvalue weighted by Crippen LogP contribution is -2.46. The van der Waals surface area contributed by atoms with Crippen LogP contribution in [-0.4, -0.2) is 37.1 Å². The molecule has 0 unspecified atom stereocenters. The van der Waals surface area contributed by atoms with Gasteiger partial charge in [0.15, 0.2) is 6.61 Å². The predicted octanol–water partition coefficient (Wildman–Crippen LogP) is 3.58. The summed E-state index contributed by atoms with van der Waals surface area (Å²) < 4.78 is 5.00. The van der Waals surface area contributed by atoms with Crippen LogP contribution in [0.15, 0.2) is 30.3 Å². The molecule has 1 N–H and O–H groups in total. The highest BCUT2D eigenvalue weighted by Crippen LogP contribution is 2.28. The number of hydrogen-bond donors (Lipinski definition) is 1. The van der Waals surface area contributed by atoms with Gasteiger partial charge < -0.3 is 15.0 Å². The van der Waals surface area contributed by atoms with Crippen LogP contribution in [0.2, 0.25) is 0 Å². The van der Waals surface area contributed by atoms with Gasteiger partial charge in [-0.15, -0.1) is 0 Å². The minimum atomic E-state index is -0.797. The molecule has 0 radical (unpaired) electrons. The Balaban J connectivity index is 1.45. The zero-order chi connectivity index (χ0) is 20.5. The average Bonchev–Trinajstić information content (AvgIpc) is 3.04. The fourth-order valence-corrected chi connectivity index (χ4v) is 4.02. The van der Waals surface area contributed by atoms with Gasteiger partial charge in [0.25, 0.3) is 5.91 Å². The van der Waals surface area contributed by atoms with Crippen LogP contribution in [0.3, 0.4) is 0 Å². The van der Waals surface area contributed by atoms with Gasteiger partial charge in [0, 0.05) is 24.9 Å². The van der Waals surface area contributed by atoms with Crippen molar-refractivity contribution in [1.82, 2.24) is 5.32 Å². The molecular weight excluding hydrogens is 366 g/mol. The monoisotopic (exact) mass is 395 g/mol. The molecule has 1 saturated heterocycles. The van der Waals surface area contributed by atoms with E-state index in [1.54, 1.807) is 6.08 Å². The molecular formula is C23H29N3O3. The summed E-state index contributed by atoms with van der Waals surface area (Å²) in [6.45, 7) is 1.81. The standard InChI is InChI=1S/C23H29N3O3/c24-18-23(13-3-4-14-23)25-21(27)17-29-22(28)12-9-19-7-10-20(11-8-19)26-15-5-1-2-6-16-26/h7-12H,1-6,13-17H2,(H,25,27)/b12-9+. The molecule has 1 amide bonds. The van der Waals surface area contributed by atoms with Gasteiger partial charge in [0.05, 0.1) is 6.07 Å². The minimum Gasteiger partial charge on any atom is -0.452 e. The number of benzene rings is 1. The lowest BCUT2D eigenvalue weighted by molar-refractivity contribution is -0.144. The van der Waals surface area contributed by atoms with E-state index < -0.39 is 17.4 Å². The van der Waals surface area contributed by atoms with Crippen LogP contribution < -0.4 is 10.2 Å². The third-order valence-corrected chi connectivity index (χ3v) is 5.67. The zero-order valence-electron chi connectivity index (χ0n) is 16.9. The number of carbonyl (C=O) groups is 2. The maximum absolute atomic E-state index is 12.0. The van der Waals surface area contributed by atoms with Crippen LogP contribution in [0.5, 0.6) is 0 Å². The molecule has 1 heterocycles. The number of anilines is 1. The van der Waals surface area contributed by atoms with Crippen molar-refractivity contribution in [2.24, 2.45) is 0 Å². The normalized spacial score (nSPS) is 18.8. The molecule has 1 aromatic carbocycles. The lowest BCUT2D eigenvalue weighted by Gasteiger charge is -2.22. The second kappa shape index (κ2) is 10.1. The highest BCUT2D eigenvalue weighted by Gasteiger charge is 2.35. The second-order valence-electron chi connectivity index (χ2n) is 7.88. The molecule has 6 nitrogen and oxygen atoms in total. The predicted molar refractivity (Wildman–Crippen MR) is 112 cm³/mol. The van der Waals surface area contributed by atoms with Crippen molar-refractivity contribution >= 4 is 23.6 Å². The minimum absolute atomic E-state index is 0.375. The van der Waals surface area contributed by atoms with Gasteiger partial charge in [0.1, 0.15) is 5.54 Å². The molecule has 1 aromatic rings. The summed E-state index contributed by atoms with van der Waals surface area (Å²) in [5, 5.41) is 12.0. The smallest absolute Gasteiger partial charge is 0.331 e. The maximum atomic E-state index is 12.0. The van der Waals surface area contributed by atoms with E-state index in [2.05, 4.69) is 28.4 Å². The van der Waals surface area contributed by atoms with Crippen molar-refractivity contribution in [1.29, 1.82) is 5.26 Å². The number of amides is 1. The summed E-state index contributed by atoms with van der Waals surface area (Å²) in [6, 6.07) is 10.3. The molecule has 29 heavy (non-hydrogen) atoms. The quantitative estimate of drug-likeness (QED) is 0.588. The Morgan fingerprint density at radius 3 is 2.34 bits per heavy atom. The number of nitriles is 1. The molecule has 3 rings (SSSR count). The van der Waals surface area contributed by atoms with Crippen molar-refractivity contribution in [2.45, 2.75) is 56.9 Å². The van der Waals surface area contributed by atoms with Gasteiger partial charge in [-0.25, -0.2) is 4.79 Å². The molecule has 0 bridgehead atoms. The van der Waals surface area contributed by atoms with Crippen LogP contribution in [-0.2, 0) is 14.3 Å². The molecule has 0 spiro atoms. The van der Waals surface area contributed by atoms with Crippen LogP contribution >= 0.6 is 0 Å². The number of nitrogens with zero attached hydrogens (tertiary/aromatic N) is 2. The first-order chi connectivity index (χ1) is 14.1. The first-order valence-electron chi connectivity index (χ1n) is 10.5. The Bertz CT molecular complexity index is 766. The molecule has 0 atom stereocenters. The van der Waals surface area contributed by atoms with Gasteiger partial charge >= 0.3 is 5.97 Å². The number of esters is 1. The maximum Gasteiger partial charge on any atom is 0.331 e. The highest BCUT2D eigenvalue weighted by molar-refractivity contribution is 5.89. The molecule has 2 aliphatic rings. The molecule has 2 fully saturated rings. The molecule has 1 aliphatic carbocycles. The number of rotatable bonds is 6. The number of hydrogen-bond acceptors (Lipinski definition) is 5. The van der Waals surface area contributed by atoms with Crippen LogP contribution in [0.25, 0.3) is 6.08 Å². The van der Waals surface area contributed by atoms with Gasteiger partial charge in [-0.2, -0.15) is 5.26 Å². The molecule has 1 aliphatic heterocycles. The summed E-state index contributed by atoms with van der Waals surface area (Å²) in [5.74, 6) is -1.01. The number of carbonyl (C=O) groups excluding carboxylic acids is 2. The topological polar surface area (TPSA) is 82.4 Å². The zero-order valence-corrected chi connectivity index (χ0v) is 16.9. The van der Waals surface area contributed by atoms with Crippen molar-refractivity contribution in [3.8, 4) is 6.07 Å². The van der Waals surface area contributed by atoms with Crippen molar-refractivity contribution in [2.75, 3.05) is 24.6 Å². The fourth-order valence-electron chi connectivity index (χ4n) is 4.02. The Morgan fingerprint density at radius 1 is 1.07 bits per heavy atom. The average molecular weight is 396 g/mol. The van der Waals surface area contributed by atoms with Crippen LogP contribution in [0, 0.1) is 11.3 Å². The van der Waals surface area contributed by atoms with E-state index in [4.69, 9.17) is 4.74 Å². The summed E-state index contributed by atoms with van der Waals surface area (Å²) in [4.78, 5) is 26.3. The highest BCUT2D eigenvalue weighted by atomic mass is 16.5. The second-order valence-corrected chi connectivity index (χ2v) is 7.88. The summed E-state index contributed by atoms with van der Waals surface area (Å²) >= 11 is 0. The number of ether oxygens (including phenoxy) is 1. The molecule has 0 aromatic heterocycles. The summed E-state index contributed by atoms with van der Waals surface area (Å²) in [6.07, 6.45) is 11.2. The third-order valence-electron chi connectivity index (χ3n) is 5.67. The van der Waals surface area contributed by atoms with Gasteiger partial charge in [0.2, 0.25) is 0 Å². The summed E-state index contributed by atoms with van der Waals surface area (Å²) in [7, 11) is 0. The molecule has 1 saturated carbocycles. The Kier molecular flexibility index (Phi) is 7.29. The van der Waals surface area contributed by atoms with E-state index in [9.17, 15) is 14.9 Å². The van der Waals surface area contributed by atoms with E-state index in [0.29, 0.717) is 12.8 Å². The Labute approximate surface area is 172 Å². The first kappa shape index (κ1) is 20.9. The summed E-state index contributed by atoms with van der Waals surface area (Å²) in [5.41, 5.74) is 1.31. The Hall–Kier alpha value is -2.81. The fraction of sp³-hybridized carbons (Fsp3) is 0.522. The van der Waals surface area contributed by atoms with Crippen molar-refractivity contribution < 1.29 is 14.3 Å². The Morgan fingerprint density at radius 2 is 1.72 bits per heavy atom. The third kappa shape index (κ3) is 6.08. The number of nitrogens with one attached hydrogen (secondary N) is 1. The van der Waals surface area contributed by atoms with E-state index in [-0.39, 0.29) is 6.61 Å². The van der Waals surface area contributed by atoms with E-state index >= 15 is 0 Å². The van der Waals surface area contributed by atoms with Gasteiger partial charge in [-0.1, -0.05) is 25.0 Å². The van der Waals surface area contributed by atoms with E-state index in [0.717, 1.165) is 31.5 Å². The van der Waals surface area contributed by atoms with E-state index in [1.165, 1.54) is 37.4 Å². The van der Waals surface area contributed by atoms with Crippen LogP contribution in [0.1, 0.15) is 56.9 Å². The van der Waals surface area contributed by atoms with Gasteiger partial charge in [-0.3, -0.25) is 4.79 Å². The van der Waals surface area contributed by atoms with E-state index in [1.807, 2.05) is 12.1 Å². The molecule has 6 heteroatoms.